The lowest BCUT2D eigenvalue weighted by molar-refractivity contribution is -0.394. The van der Waals surface area contributed by atoms with Gasteiger partial charge in [0.15, 0.2) is 0 Å². The Bertz CT molecular complexity index is 1560. The number of esters is 1. The number of ether oxygens (including phenoxy) is 1. The first kappa shape index (κ1) is 22.3. The van der Waals surface area contributed by atoms with E-state index in [0.717, 1.165) is 49.4 Å². The number of nitro benzene ring substituents is 2. The Morgan fingerprint density at radius 3 is 2.46 bits per heavy atom. The van der Waals surface area contributed by atoms with E-state index in [1.807, 2.05) is 0 Å². The van der Waals surface area contributed by atoms with Crippen molar-refractivity contribution in [2.24, 2.45) is 0 Å². The predicted octanol–water partition coefficient (Wildman–Crippen LogP) is 4.57. The number of aryl methyl sites for hydroxylation is 2. The minimum Gasteiger partial charge on any atom is -0.423 e. The summed E-state index contributed by atoms with van der Waals surface area (Å²) in [6, 6.07) is 8.83. The highest BCUT2D eigenvalue weighted by atomic mass is 32.1. The van der Waals surface area contributed by atoms with Crippen molar-refractivity contribution in [2.45, 2.75) is 25.7 Å². The fourth-order valence-electron chi connectivity index (χ4n) is 4.10. The Morgan fingerprint density at radius 1 is 1.03 bits per heavy atom. The number of aromatic amines is 1. The molecule has 2 aromatic carbocycles. The number of nitrogens with one attached hydrogen (secondary N) is 1. The molecule has 176 valence electrons. The van der Waals surface area contributed by atoms with Crippen molar-refractivity contribution in [1.29, 1.82) is 0 Å². The molecule has 0 fully saturated rings. The van der Waals surface area contributed by atoms with Crippen LogP contribution in [0.25, 0.3) is 21.6 Å². The molecule has 5 rings (SSSR count). The van der Waals surface area contributed by atoms with E-state index in [4.69, 9.17) is 4.74 Å². The molecule has 35 heavy (non-hydrogen) atoms. The number of carbonyl (C=O) groups is 1. The van der Waals surface area contributed by atoms with E-state index in [2.05, 4.69) is 9.97 Å². The van der Waals surface area contributed by atoms with Gasteiger partial charge in [0, 0.05) is 22.6 Å². The maximum atomic E-state index is 12.8. The monoisotopic (exact) mass is 492 g/mol. The van der Waals surface area contributed by atoms with Crippen LogP contribution in [0.3, 0.4) is 0 Å². The zero-order valence-electron chi connectivity index (χ0n) is 18.0. The van der Waals surface area contributed by atoms with E-state index in [1.165, 1.54) is 28.3 Å². The van der Waals surface area contributed by atoms with E-state index >= 15 is 0 Å². The highest BCUT2D eigenvalue weighted by molar-refractivity contribution is 7.18. The third kappa shape index (κ3) is 4.26. The number of nitro groups is 2. The molecular formula is C23H16N4O7S. The number of hydrogen-bond acceptors (Lipinski definition) is 9. The first-order valence-electron chi connectivity index (χ1n) is 10.6. The number of benzene rings is 2. The van der Waals surface area contributed by atoms with Gasteiger partial charge >= 0.3 is 5.97 Å². The van der Waals surface area contributed by atoms with Crippen molar-refractivity contribution >= 4 is 38.9 Å². The molecule has 0 aliphatic heterocycles. The van der Waals surface area contributed by atoms with Gasteiger partial charge in [0.1, 0.15) is 16.4 Å². The van der Waals surface area contributed by atoms with E-state index in [0.29, 0.717) is 21.6 Å². The van der Waals surface area contributed by atoms with Crippen molar-refractivity contribution in [1.82, 2.24) is 9.97 Å². The Labute approximate surface area is 200 Å². The Morgan fingerprint density at radius 2 is 1.74 bits per heavy atom. The molecule has 0 radical (unpaired) electrons. The van der Waals surface area contributed by atoms with Gasteiger partial charge in [0.25, 0.3) is 16.9 Å². The maximum absolute atomic E-state index is 12.8. The van der Waals surface area contributed by atoms with Crippen molar-refractivity contribution < 1.29 is 19.4 Å². The van der Waals surface area contributed by atoms with E-state index in [-0.39, 0.29) is 16.9 Å². The summed E-state index contributed by atoms with van der Waals surface area (Å²) in [7, 11) is 0. The Hall–Kier alpha value is -4.45. The van der Waals surface area contributed by atoms with Gasteiger partial charge in [-0.2, -0.15) is 0 Å². The fraction of sp³-hybridized carbons (Fsp3) is 0.174. The van der Waals surface area contributed by atoms with Crippen LogP contribution in [0.2, 0.25) is 0 Å². The zero-order chi connectivity index (χ0) is 24.7. The van der Waals surface area contributed by atoms with E-state index in [1.54, 1.807) is 12.1 Å². The third-order valence-electron chi connectivity index (χ3n) is 5.70. The van der Waals surface area contributed by atoms with Crippen molar-refractivity contribution in [2.75, 3.05) is 0 Å². The molecule has 2 heterocycles. The second-order valence-electron chi connectivity index (χ2n) is 7.98. The smallest absolute Gasteiger partial charge is 0.344 e. The molecule has 0 saturated heterocycles. The molecule has 1 aliphatic rings. The minimum atomic E-state index is -1.00. The van der Waals surface area contributed by atoms with Gasteiger partial charge in [-0.1, -0.05) is 12.1 Å². The summed E-state index contributed by atoms with van der Waals surface area (Å²) in [5, 5.41) is 22.8. The lowest BCUT2D eigenvalue weighted by Gasteiger charge is -2.09. The van der Waals surface area contributed by atoms with Crippen molar-refractivity contribution in [3.8, 4) is 17.1 Å². The highest BCUT2D eigenvalue weighted by Crippen LogP contribution is 2.34. The summed E-state index contributed by atoms with van der Waals surface area (Å²) in [4.78, 5) is 55.3. The number of carbonyl (C=O) groups excluding carboxylic acids is 1. The topological polar surface area (TPSA) is 158 Å². The Balaban J connectivity index is 1.47. The van der Waals surface area contributed by atoms with E-state index in [9.17, 15) is 29.8 Å². The van der Waals surface area contributed by atoms with Gasteiger partial charge < -0.3 is 9.72 Å². The molecule has 0 unspecified atom stereocenters. The second kappa shape index (κ2) is 8.72. The number of rotatable bonds is 5. The van der Waals surface area contributed by atoms with Crippen LogP contribution in [0.5, 0.6) is 5.75 Å². The van der Waals surface area contributed by atoms with Gasteiger partial charge in [0.05, 0.1) is 26.9 Å². The summed E-state index contributed by atoms with van der Waals surface area (Å²) >= 11 is 1.52. The number of hydrogen-bond donors (Lipinski definition) is 1. The van der Waals surface area contributed by atoms with Crippen molar-refractivity contribution in [3.63, 3.8) is 0 Å². The molecule has 0 bridgehead atoms. The number of nitrogens with zero attached hydrogens (tertiary/aromatic N) is 3. The SMILES string of the molecule is O=C(Oc1cccc(-c2nc3sc4c(c3c(=O)[nH]2)CCCC4)c1)c1cc([N+](=O)[O-])cc([N+](=O)[O-])c1. The number of H-pyrrole nitrogens is 1. The summed E-state index contributed by atoms with van der Waals surface area (Å²) in [6.45, 7) is 0. The second-order valence-corrected chi connectivity index (χ2v) is 9.06. The summed E-state index contributed by atoms with van der Waals surface area (Å²) in [5.41, 5.74) is -0.206. The molecule has 0 amide bonds. The molecular weight excluding hydrogens is 476 g/mol. The zero-order valence-corrected chi connectivity index (χ0v) is 18.8. The Kier molecular flexibility index (Phi) is 5.57. The average Bonchev–Trinajstić information content (AvgIpc) is 3.23. The van der Waals surface area contributed by atoms with Crippen LogP contribution in [0.1, 0.15) is 33.6 Å². The molecule has 1 N–H and O–H groups in total. The van der Waals surface area contributed by atoms with Gasteiger partial charge in [-0.25, -0.2) is 9.78 Å². The van der Waals surface area contributed by atoms with Crippen LogP contribution in [0, 0.1) is 20.2 Å². The van der Waals surface area contributed by atoms with Crippen LogP contribution < -0.4 is 10.3 Å². The first-order chi connectivity index (χ1) is 16.8. The minimum absolute atomic E-state index is 0.0786. The van der Waals surface area contributed by atoms with Crippen LogP contribution in [0.4, 0.5) is 11.4 Å². The summed E-state index contributed by atoms with van der Waals surface area (Å²) < 4.78 is 5.31. The molecule has 0 spiro atoms. The summed E-state index contributed by atoms with van der Waals surface area (Å²) in [6.07, 6.45) is 3.93. The fourth-order valence-corrected chi connectivity index (χ4v) is 5.36. The van der Waals surface area contributed by atoms with Crippen molar-refractivity contribution in [3.05, 3.63) is 89.1 Å². The maximum Gasteiger partial charge on any atom is 0.344 e. The van der Waals surface area contributed by atoms with Gasteiger partial charge in [-0.05, 0) is 43.4 Å². The van der Waals surface area contributed by atoms with Crippen LogP contribution in [0.15, 0.2) is 47.3 Å². The number of thiophene rings is 1. The van der Waals surface area contributed by atoms with Crippen LogP contribution in [-0.2, 0) is 12.8 Å². The largest absolute Gasteiger partial charge is 0.423 e. The molecule has 0 atom stereocenters. The number of fused-ring (bicyclic) bond motifs is 3. The molecule has 11 nitrogen and oxygen atoms in total. The summed E-state index contributed by atoms with van der Waals surface area (Å²) in [5.74, 6) is -0.614. The number of aromatic nitrogens is 2. The average molecular weight is 492 g/mol. The molecule has 2 aromatic heterocycles. The molecule has 1 aliphatic carbocycles. The van der Waals surface area contributed by atoms with Gasteiger partial charge in [-0.15, -0.1) is 11.3 Å². The normalized spacial score (nSPS) is 12.8. The van der Waals surface area contributed by atoms with Crippen LogP contribution >= 0.6 is 11.3 Å². The highest BCUT2D eigenvalue weighted by Gasteiger charge is 2.22. The van der Waals surface area contributed by atoms with E-state index < -0.39 is 27.2 Å². The van der Waals surface area contributed by atoms with Crippen LogP contribution in [-0.4, -0.2) is 25.8 Å². The lowest BCUT2D eigenvalue weighted by Crippen LogP contribution is -2.11. The quantitative estimate of drug-likeness (QED) is 0.184. The lowest BCUT2D eigenvalue weighted by atomic mass is 9.97. The molecule has 0 saturated carbocycles. The predicted molar refractivity (Wildman–Crippen MR) is 127 cm³/mol. The molecule has 12 heteroatoms. The van der Waals surface area contributed by atoms with Gasteiger partial charge in [-0.3, -0.25) is 25.0 Å². The van der Waals surface area contributed by atoms with Gasteiger partial charge in [0.2, 0.25) is 0 Å². The standard InChI is InChI=1S/C23H16N4O7S/c28-21-19-17-6-1-2-7-18(17)35-22(19)25-20(24-21)12-4-3-5-16(10-12)34-23(29)13-8-14(26(30)31)11-15(9-13)27(32)33/h3-5,8-11H,1-2,6-7H2,(H,24,25,28). The number of non-ortho nitro benzene ring substituents is 2. The first-order valence-corrected chi connectivity index (χ1v) is 11.4. The third-order valence-corrected chi connectivity index (χ3v) is 6.89. The molecule has 4 aromatic rings.